The first-order valence-corrected chi connectivity index (χ1v) is 12.7. The first-order valence-electron chi connectivity index (χ1n) is 11.9. The molecule has 8 nitrogen and oxygen atoms in total. The second kappa shape index (κ2) is 14.0. The van der Waals surface area contributed by atoms with Crippen LogP contribution in [0.25, 0.3) is 0 Å². The van der Waals surface area contributed by atoms with E-state index in [1.54, 1.807) is 66.7 Å². The van der Waals surface area contributed by atoms with Gasteiger partial charge in [0, 0.05) is 34.1 Å². The van der Waals surface area contributed by atoms with Gasteiger partial charge in [0.25, 0.3) is 0 Å². The molecule has 38 heavy (non-hydrogen) atoms. The maximum atomic E-state index is 12.4. The normalized spacial score (nSPS) is 11.2. The second-order valence-corrected chi connectivity index (χ2v) is 9.26. The molecule has 196 valence electrons. The number of anilines is 1. The van der Waals surface area contributed by atoms with Gasteiger partial charge in [-0.05, 0) is 49.7 Å². The van der Waals surface area contributed by atoms with Gasteiger partial charge in [-0.25, -0.2) is 4.79 Å². The Morgan fingerprint density at radius 3 is 2.08 bits per heavy atom. The van der Waals surface area contributed by atoms with E-state index in [-0.39, 0.29) is 48.9 Å². The van der Waals surface area contributed by atoms with Gasteiger partial charge >= 0.3 is 11.9 Å². The largest absolute Gasteiger partial charge is 0.457 e. The molecule has 0 aliphatic carbocycles. The van der Waals surface area contributed by atoms with Crippen molar-refractivity contribution in [1.29, 1.82) is 0 Å². The lowest BCUT2D eigenvalue weighted by atomic mass is 10.1. The highest BCUT2D eigenvalue weighted by atomic mass is 79.9. The fourth-order valence-corrected chi connectivity index (χ4v) is 3.63. The predicted octanol–water partition coefficient (Wildman–Crippen LogP) is 5.41. The number of hydrogen-bond donors (Lipinski definition) is 1. The number of rotatable bonds is 12. The van der Waals surface area contributed by atoms with E-state index in [1.807, 2.05) is 0 Å². The minimum absolute atomic E-state index is 0.00823. The summed E-state index contributed by atoms with van der Waals surface area (Å²) in [6.45, 7) is 1.15. The average Bonchev–Trinajstić information content (AvgIpc) is 2.92. The Hall–Kier alpha value is -4.11. The van der Waals surface area contributed by atoms with Gasteiger partial charge in [-0.15, -0.1) is 0 Å². The van der Waals surface area contributed by atoms with Crippen LogP contribution in [0.2, 0.25) is 0 Å². The number of amides is 1. The van der Waals surface area contributed by atoms with E-state index in [0.717, 1.165) is 4.47 Å². The van der Waals surface area contributed by atoms with E-state index in [2.05, 4.69) is 21.2 Å². The van der Waals surface area contributed by atoms with Crippen LogP contribution in [-0.4, -0.2) is 42.1 Å². The lowest BCUT2D eigenvalue weighted by molar-refractivity contribution is -0.142. The number of nitrogens with one attached hydrogen (secondary N) is 1. The van der Waals surface area contributed by atoms with Gasteiger partial charge in [-0.1, -0.05) is 58.4 Å². The van der Waals surface area contributed by atoms with Crippen LogP contribution in [0.3, 0.4) is 0 Å². The Bertz CT molecular complexity index is 1290. The minimum Gasteiger partial charge on any atom is -0.457 e. The van der Waals surface area contributed by atoms with Crippen LogP contribution in [0, 0.1) is 0 Å². The molecule has 0 saturated heterocycles. The number of carbonyl (C=O) groups is 5. The zero-order chi connectivity index (χ0) is 27.5. The smallest absolute Gasteiger partial charge is 0.338 e. The highest BCUT2D eigenvalue weighted by Gasteiger charge is 2.20. The first kappa shape index (κ1) is 28.5. The zero-order valence-electron chi connectivity index (χ0n) is 20.6. The van der Waals surface area contributed by atoms with Crippen LogP contribution in [-0.2, 0) is 19.1 Å². The van der Waals surface area contributed by atoms with Crippen molar-refractivity contribution in [2.45, 2.75) is 32.3 Å². The van der Waals surface area contributed by atoms with Gasteiger partial charge in [0.1, 0.15) is 0 Å². The molecule has 0 radical (unpaired) electrons. The molecule has 1 amide bonds. The van der Waals surface area contributed by atoms with Gasteiger partial charge in [0.15, 0.2) is 18.5 Å². The summed E-state index contributed by atoms with van der Waals surface area (Å²) >= 11 is 3.29. The van der Waals surface area contributed by atoms with E-state index < -0.39 is 18.0 Å². The van der Waals surface area contributed by atoms with Crippen molar-refractivity contribution in [3.63, 3.8) is 0 Å². The van der Waals surface area contributed by atoms with Crippen molar-refractivity contribution in [3.05, 3.63) is 100 Å². The summed E-state index contributed by atoms with van der Waals surface area (Å²) in [5.41, 5.74) is 1.59. The zero-order valence-corrected chi connectivity index (χ0v) is 22.2. The van der Waals surface area contributed by atoms with Gasteiger partial charge in [0.2, 0.25) is 11.7 Å². The molecule has 3 aromatic carbocycles. The van der Waals surface area contributed by atoms with Crippen molar-refractivity contribution in [1.82, 2.24) is 0 Å². The molecule has 3 aromatic rings. The third-order valence-corrected chi connectivity index (χ3v) is 5.96. The maximum absolute atomic E-state index is 12.4. The molecule has 0 bridgehead atoms. The lowest BCUT2D eigenvalue weighted by Crippen LogP contribution is -2.24. The molecule has 0 spiro atoms. The fourth-order valence-electron chi connectivity index (χ4n) is 3.36. The molecule has 0 aromatic heterocycles. The van der Waals surface area contributed by atoms with Crippen LogP contribution in [0.4, 0.5) is 5.69 Å². The maximum Gasteiger partial charge on any atom is 0.338 e. The van der Waals surface area contributed by atoms with Gasteiger partial charge in [-0.2, -0.15) is 0 Å². The Morgan fingerprint density at radius 1 is 0.789 bits per heavy atom. The van der Waals surface area contributed by atoms with E-state index in [0.29, 0.717) is 16.8 Å². The Kier molecular flexibility index (Phi) is 10.5. The summed E-state index contributed by atoms with van der Waals surface area (Å²) in [5, 5.41) is 2.68. The lowest BCUT2D eigenvalue weighted by Gasteiger charge is -2.12. The van der Waals surface area contributed by atoms with Crippen molar-refractivity contribution in [2.24, 2.45) is 0 Å². The summed E-state index contributed by atoms with van der Waals surface area (Å²) in [6.07, 6.45) is -0.644. The van der Waals surface area contributed by atoms with Crippen molar-refractivity contribution in [3.8, 4) is 0 Å². The molecule has 0 saturated carbocycles. The summed E-state index contributed by atoms with van der Waals surface area (Å²) in [5.74, 6) is -2.15. The van der Waals surface area contributed by atoms with Gasteiger partial charge < -0.3 is 14.8 Å². The Labute approximate surface area is 228 Å². The number of ketones is 2. The van der Waals surface area contributed by atoms with Crippen molar-refractivity contribution in [2.75, 3.05) is 11.9 Å². The number of ether oxygens (including phenoxy) is 2. The Morgan fingerprint density at radius 2 is 1.42 bits per heavy atom. The SMILES string of the molecule is CC(OC(=O)c1ccc(NC(=O)CCCC(=O)OCC(=O)c2ccc(Br)cc2)cc1)C(=O)c1ccccc1. The average molecular weight is 580 g/mol. The second-order valence-electron chi connectivity index (χ2n) is 8.35. The highest BCUT2D eigenvalue weighted by Crippen LogP contribution is 2.14. The van der Waals surface area contributed by atoms with Gasteiger partial charge in [-0.3, -0.25) is 19.2 Å². The molecule has 0 aliphatic heterocycles. The topological polar surface area (TPSA) is 116 Å². The number of esters is 2. The summed E-state index contributed by atoms with van der Waals surface area (Å²) in [7, 11) is 0. The molecule has 1 N–H and O–H groups in total. The Balaban J connectivity index is 1.37. The molecular formula is C29H26BrNO7. The molecule has 0 heterocycles. The van der Waals surface area contributed by atoms with E-state index in [9.17, 15) is 24.0 Å². The van der Waals surface area contributed by atoms with Crippen LogP contribution in [0.15, 0.2) is 83.3 Å². The highest BCUT2D eigenvalue weighted by molar-refractivity contribution is 9.10. The summed E-state index contributed by atoms with van der Waals surface area (Å²) in [6, 6.07) is 21.3. The quantitative estimate of drug-likeness (QED) is 0.225. The predicted molar refractivity (Wildman–Crippen MR) is 144 cm³/mol. The fraction of sp³-hybridized carbons (Fsp3) is 0.207. The number of halogens is 1. The van der Waals surface area contributed by atoms with E-state index >= 15 is 0 Å². The summed E-state index contributed by atoms with van der Waals surface area (Å²) < 4.78 is 11.1. The summed E-state index contributed by atoms with van der Waals surface area (Å²) in [4.78, 5) is 60.9. The number of carbonyl (C=O) groups excluding carboxylic acids is 5. The number of benzene rings is 3. The van der Waals surface area contributed by atoms with Crippen LogP contribution in [0.5, 0.6) is 0 Å². The molecule has 3 rings (SSSR count). The van der Waals surface area contributed by atoms with Crippen LogP contribution < -0.4 is 5.32 Å². The molecular weight excluding hydrogens is 554 g/mol. The van der Waals surface area contributed by atoms with Crippen LogP contribution in [0.1, 0.15) is 57.3 Å². The first-order chi connectivity index (χ1) is 18.2. The molecule has 0 aliphatic rings. The van der Waals surface area contributed by atoms with E-state index in [4.69, 9.17) is 9.47 Å². The van der Waals surface area contributed by atoms with Crippen molar-refractivity contribution >= 4 is 51.0 Å². The van der Waals surface area contributed by atoms with Crippen LogP contribution >= 0.6 is 15.9 Å². The van der Waals surface area contributed by atoms with E-state index in [1.165, 1.54) is 19.1 Å². The molecule has 9 heteroatoms. The number of Topliss-reactive ketones (excluding diaryl/α,β-unsaturated/α-hetero) is 2. The van der Waals surface area contributed by atoms with Crippen molar-refractivity contribution < 1.29 is 33.4 Å². The van der Waals surface area contributed by atoms with Gasteiger partial charge in [0.05, 0.1) is 5.56 Å². The molecule has 1 atom stereocenters. The minimum atomic E-state index is -0.949. The third-order valence-electron chi connectivity index (χ3n) is 5.43. The molecule has 1 unspecified atom stereocenters. The number of hydrogen-bond acceptors (Lipinski definition) is 7. The molecule has 0 fully saturated rings. The standard InChI is InChI=1S/C29H26BrNO7/c1-19(28(35)21-6-3-2-4-7-21)38-29(36)22-12-16-24(17-13-22)31-26(33)8-5-9-27(34)37-18-25(32)20-10-14-23(30)15-11-20/h2-4,6-7,10-17,19H,5,8-9,18H2,1H3,(H,31,33). The monoisotopic (exact) mass is 579 g/mol. The third kappa shape index (κ3) is 8.77.